The van der Waals surface area contributed by atoms with Crippen LogP contribution in [-0.2, 0) is 9.59 Å². The second-order valence-corrected chi connectivity index (χ2v) is 10.4. The van der Waals surface area contributed by atoms with Gasteiger partial charge < -0.3 is 9.47 Å². The zero-order valence-electron chi connectivity index (χ0n) is 21.1. The van der Waals surface area contributed by atoms with Gasteiger partial charge in [-0.3, -0.25) is 14.5 Å². The topological polar surface area (TPSA) is 45.6 Å². The molecule has 0 radical (unpaired) electrons. The van der Waals surface area contributed by atoms with E-state index in [1.54, 1.807) is 0 Å². The fourth-order valence-electron chi connectivity index (χ4n) is 5.44. The fourth-order valence-corrected chi connectivity index (χ4v) is 5.64. The van der Waals surface area contributed by atoms with Gasteiger partial charge in [0.2, 0.25) is 11.8 Å². The Morgan fingerprint density at radius 3 is 2.50 bits per heavy atom. The molecule has 188 valence electrons. The molecule has 0 spiro atoms. The minimum Gasteiger partial charge on any atom is -0.330 e. The highest BCUT2D eigenvalue weighted by atomic mass is 35.5. The number of unbranched alkanes of at least 4 members (excludes halogenated alkanes) is 1. The minimum atomic E-state index is -0.334. The summed E-state index contributed by atoms with van der Waals surface area (Å²) in [6.07, 6.45) is 7.77. The first-order chi connectivity index (χ1) is 17.5. The van der Waals surface area contributed by atoms with Crippen molar-refractivity contribution in [1.29, 1.82) is 0 Å². The van der Waals surface area contributed by atoms with Crippen LogP contribution in [0.4, 0.5) is 5.69 Å². The van der Waals surface area contributed by atoms with E-state index in [0.29, 0.717) is 5.02 Å². The molecule has 0 bridgehead atoms. The van der Waals surface area contributed by atoms with Crippen LogP contribution in [0.5, 0.6) is 0 Å². The summed E-state index contributed by atoms with van der Waals surface area (Å²) in [7, 11) is 0. The summed E-state index contributed by atoms with van der Waals surface area (Å²) in [6, 6.07) is 19.6. The lowest BCUT2D eigenvalue weighted by Gasteiger charge is -2.40. The van der Waals surface area contributed by atoms with Gasteiger partial charge in [0.25, 0.3) is 0 Å². The second kappa shape index (κ2) is 10.5. The molecule has 5 nitrogen and oxygen atoms in total. The van der Waals surface area contributed by atoms with Gasteiger partial charge >= 0.3 is 0 Å². The van der Waals surface area contributed by atoms with Crippen LogP contribution in [0.1, 0.15) is 69.7 Å². The molecule has 2 atom stereocenters. The summed E-state index contributed by atoms with van der Waals surface area (Å²) >= 11 is 6.40. The van der Waals surface area contributed by atoms with Gasteiger partial charge in [-0.1, -0.05) is 62.6 Å². The molecule has 2 amide bonds. The van der Waals surface area contributed by atoms with Crippen LogP contribution in [0.25, 0.3) is 5.69 Å². The number of aromatic nitrogens is 1. The third kappa shape index (κ3) is 4.69. The number of benzene rings is 2. The number of hydrogen-bond acceptors (Lipinski definition) is 2. The van der Waals surface area contributed by atoms with Crippen molar-refractivity contribution in [3.05, 3.63) is 83.1 Å². The van der Waals surface area contributed by atoms with E-state index >= 15 is 0 Å². The van der Waals surface area contributed by atoms with Gasteiger partial charge in [0, 0.05) is 23.2 Å². The third-order valence-corrected chi connectivity index (χ3v) is 7.71. The predicted octanol–water partition coefficient (Wildman–Crippen LogP) is 6.77. The number of carbonyl (C=O) groups excluding carboxylic acids is 2. The molecule has 3 aromatic rings. The lowest BCUT2D eigenvalue weighted by molar-refractivity contribution is -0.139. The van der Waals surface area contributed by atoms with Crippen molar-refractivity contribution in [2.75, 3.05) is 11.4 Å². The molecule has 1 fully saturated rings. The molecule has 1 saturated carbocycles. The summed E-state index contributed by atoms with van der Waals surface area (Å²) in [5, 5.41) is 0.633. The lowest BCUT2D eigenvalue weighted by atomic mass is 9.96. The molecule has 2 heterocycles. The Morgan fingerprint density at radius 2 is 1.81 bits per heavy atom. The van der Waals surface area contributed by atoms with Gasteiger partial charge in [0.05, 0.1) is 17.1 Å². The van der Waals surface area contributed by atoms with E-state index < -0.39 is 0 Å². The molecule has 0 N–H and O–H groups in total. The zero-order valence-corrected chi connectivity index (χ0v) is 21.8. The van der Waals surface area contributed by atoms with Crippen molar-refractivity contribution in [2.24, 2.45) is 5.92 Å². The number of nitrogens with zero attached hydrogens (tertiary/aromatic N) is 3. The van der Waals surface area contributed by atoms with Gasteiger partial charge in [-0.05, 0) is 67.6 Å². The largest absolute Gasteiger partial charge is 0.330 e. The van der Waals surface area contributed by atoms with Crippen molar-refractivity contribution in [2.45, 2.75) is 64.5 Å². The average molecular weight is 504 g/mol. The number of amides is 2. The maximum Gasteiger partial charge on any atom is 0.247 e. The third-order valence-electron chi connectivity index (χ3n) is 7.48. The number of halogens is 1. The first-order valence-electron chi connectivity index (χ1n) is 13.2. The highest BCUT2D eigenvalue weighted by Gasteiger charge is 2.41. The van der Waals surface area contributed by atoms with Gasteiger partial charge in [0.15, 0.2) is 0 Å². The Kier molecular flexibility index (Phi) is 7.20. The number of para-hydroxylation sites is 2. The quantitative estimate of drug-likeness (QED) is 0.323. The Labute approximate surface area is 218 Å². The molecule has 6 heteroatoms. The van der Waals surface area contributed by atoms with E-state index in [1.807, 2.05) is 70.6 Å². The Hall–Kier alpha value is -3.05. The van der Waals surface area contributed by atoms with Crippen LogP contribution < -0.4 is 4.90 Å². The van der Waals surface area contributed by atoms with E-state index in [1.165, 1.54) is 0 Å². The average Bonchev–Trinajstić information content (AvgIpc) is 3.61. The summed E-state index contributed by atoms with van der Waals surface area (Å²) in [4.78, 5) is 31.6. The summed E-state index contributed by atoms with van der Waals surface area (Å²) in [6.45, 7) is 4.33. The summed E-state index contributed by atoms with van der Waals surface area (Å²) < 4.78 is 2.15. The first-order valence-corrected chi connectivity index (χ1v) is 13.6. The maximum absolute atomic E-state index is 14.2. The maximum atomic E-state index is 14.2. The molecule has 36 heavy (non-hydrogen) atoms. The second-order valence-electron chi connectivity index (χ2n) is 9.96. The lowest BCUT2D eigenvalue weighted by Crippen LogP contribution is -2.48. The van der Waals surface area contributed by atoms with Crippen molar-refractivity contribution in [3.8, 4) is 5.69 Å². The molecule has 1 aliphatic carbocycles. The highest BCUT2D eigenvalue weighted by Crippen LogP contribution is 2.43. The number of fused-ring (bicyclic) bond motifs is 3. The number of anilines is 1. The molecule has 0 saturated heterocycles. The number of carbonyl (C=O) groups is 2. The van der Waals surface area contributed by atoms with Crippen molar-refractivity contribution >= 4 is 29.1 Å². The van der Waals surface area contributed by atoms with Crippen molar-refractivity contribution in [3.63, 3.8) is 0 Å². The van der Waals surface area contributed by atoms with Crippen LogP contribution >= 0.6 is 11.6 Å². The SMILES string of the molecule is CCCC[C@H](CC)C(=O)N(CC(=O)N1c2ccccc2-n2cccc2[C@H]1c1cccc(Cl)c1)C1CC1. The zero-order chi connectivity index (χ0) is 25.2. The Bertz CT molecular complexity index is 1250. The van der Waals surface area contributed by atoms with Crippen LogP contribution in [0.15, 0.2) is 66.9 Å². The van der Waals surface area contributed by atoms with Crippen LogP contribution in [0.3, 0.4) is 0 Å². The van der Waals surface area contributed by atoms with Crippen molar-refractivity contribution in [1.82, 2.24) is 9.47 Å². The Morgan fingerprint density at radius 1 is 1.03 bits per heavy atom. The smallest absolute Gasteiger partial charge is 0.247 e. The van der Waals surface area contributed by atoms with Crippen molar-refractivity contribution < 1.29 is 9.59 Å². The summed E-state index contributed by atoms with van der Waals surface area (Å²) in [5.41, 5.74) is 3.76. The van der Waals surface area contributed by atoms with E-state index in [2.05, 4.69) is 24.5 Å². The van der Waals surface area contributed by atoms with E-state index in [4.69, 9.17) is 11.6 Å². The van der Waals surface area contributed by atoms with Gasteiger partial charge in [-0.25, -0.2) is 0 Å². The molecular formula is C30H34ClN3O2. The highest BCUT2D eigenvalue weighted by molar-refractivity contribution is 6.30. The van der Waals surface area contributed by atoms with Crippen LogP contribution in [0, 0.1) is 5.92 Å². The first kappa shape index (κ1) is 24.6. The molecule has 2 aliphatic rings. The summed E-state index contributed by atoms with van der Waals surface area (Å²) in [5.74, 6) is 0.0493. The number of rotatable bonds is 9. The predicted molar refractivity (Wildman–Crippen MR) is 145 cm³/mol. The van der Waals surface area contributed by atoms with E-state index in [0.717, 1.165) is 61.2 Å². The molecule has 5 rings (SSSR count). The molecule has 1 aliphatic heterocycles. The van der Waals surface area contributed by atoms with E-state index in [9.17, 15) is 9.59 Å². The van der Waals surface area contributed by atoms with Crippen LogP contribution in [0.2, 0.25) is 5.02 Å². The van der Waals surface area contributed by atoms with E-state index in [-0.39, 0.29) is 36.4 Å². The molecule has 0 unspecified atom stereocenters. The fraction of sp³-hybridized carbons (Fsp3) is 0.400. The standard InChI is InChI=1S/C30H34ClN3O2/c1-3-5-10-21(4-2)30(36)33(24-16-17-24)20-28(35)34-26-14-7-6-13-25(26)32-18-9-15-27(32)29(34)22-11-8-12-23(31)19-22/h6-9,11-15,18-19,21,24,29H,3-5,10,16-17,20H2,1-2H3/t21-,29+/m0/s1. The van der Waals surface area contributed by atoms with Gasteiger partial charge in [0.1, 0.15) is 12.6 Å². The normalized spacial score (nSPS) is 17.3. The Balaban J connectivity index is 1.53. The van der Waals surface area contributed by atoms with Gasteiger partial charge in [-0.2, -0.15) is 0 Å². The molecule has 1 aromatic heterocycles. The molecule has 2 aromatic carbocycles. The molecular weight excluding hydrogens is 470 g/mol. The van der Waals surface area contributed by atoms with Crippen LogP contribution in [-0.4, -0.2) is 33.9 Å². The van der Waals surface area contributed by atoms with Gasteiger partial charge in [-0.15, -0.1) is 0 Å². The number of hydrogen-bond donors (Lipinski definition) is 0. The monoisotopic (exact) mass is 503 g/mol. The minimum absolute atomic E-state index is 0.0204.